The van der Waals surface area contributed by atoms with Gasteiger partial charge in [-0.25, -0.2) is 8.42 Å². The fraction of sp³-hybridized carbons (Fsp3) is 0.275. The molecule has 0 aliphatic carbocycles. The van der Waals surface area contributed by atoms with Gasteiger partial charge in [0.05, 0.1) is 46.4 Å². The Bertz CT molecular complexity index is 2250. The van der Waals surface area contributed by atoms with Crippen LogP contribution < -0.4 is 26.4 Å². The summed E-state index contributed by atoms with van der Waals surface area (Å²) in [5.41, 5.74) is 8.89. The summed E-state index contributed by atoms with van der Waals surface area (Å²) < 4.78 is 33.3. The van der Waals surface area contributed by atoms with Gasteiger partial charge < -0.3 is 41.7 Å². The molecule has 4 aromatic carbocycles. The van der Waals surface area contributed by atoms with Crippen molar-refractivity contribution in [2.45, 2.75) is 55.1 Å². The van der Waals surface area contributed by atoms with E-state index < -0.39 is 27.8 Å². The lowest BCUT2D eigenvalue weighted by Gasteiger charge is -2.16. The molecule has 5 aromatic rings. The number of ether oxygens (including phenoxy) is 1. The number of rotatable bonds is 18. The van der Waals surface area contributed by atoms with Crippen molar-refractivity contribution in [1.29, 1.82) is 0 Å². The Morgan fingerprint density at radius 2 is 1.69 bits per heavy atom. The predicted octanol–water partition coefficient (Wildman–Crippen LogP) is 5.04. The summed E-state index contributed by atoms with van der Waals surface area (Å²) in [6.07, 6.45) is 3.94. The second-order valence-corrected chi connectivity index (χ2v) is 14.8. The van der Waals surface area contributed by atoms with Gasteiger partial charge in [0.2, 0.25) is 9.84 Å². The molecule has 0 saturated heterocycles. The van der Waals surface area contributed by atoms with E-state index in [4.69, 9.17) is 10.5 Å². The number of aromatic hydroxyl groups is 1. The number of sulfone groups is 1. The van der Waals surface area contributed by atoms with Gasteiger partial charge in [0.15, 0.2) is 0 Å². The molecule has 5 rings (SSSR count). The second-order valence-electron chi connectivity index (χ2n) is 12.9. The Balaban J connectivity index is 1.19. The lowest BCUT2D eigenvalue weighted by molar-refractivity contribution is 0.0951. The highest BCUT2D eigenvalue weighted by molar-refractivity contribution is 7.91. The van der Waals surface area contributed by atoms with Crippen LogP contribution in [0.1, 0.15) is 69.2 Å². The molecule has 0 aliphatic heterocycles. The minimum Gasteiger partial charge on any atom is -0.508 e. The van der Waals surface area contributed by atoms with Gasteiger partial charge in [0.25, 0.3) is 11.8 Å². The van der Waals surface area contributed by atoms with Gasteiger partial charge in [-0.1, -0.05) is 31.0 Å². The maximum atomic E-state index is 14.0. The molecule has 54 heavy (non-hydrogen) atoms. The molecule has 0 fully saturated rings. The predicted molar refractivity (Wildman–Crippen MR) is 206 cm³/mol. The van der Waals surface area contributed by atoms with E-state index in [1.165, 1.54) is 49.7 Å². The molecule has 13 nitrogen and oxygen atoms in total. The molecule has 1 heterocycles. The minimum atomic E-state index is -4.12. The molecule has 0 saturated carbocycles. The molecule has 0 bridgehead atoms. The van der Waals surface area contributed by atoms with E-state index in [2.05, 4.69) is 20.9 Å². The molecule has 0 spiro atoms. The highest BCUT2D eigenvalue weighted by Gasteiger charge is 2.23. The number of anilines is 2. The van der Waals surface area contributed by atoms with Crippen molar-refractivity contribution in [1.82, 2.24) is 15.6 Å². The zero-order valence-corrected chi connectivity index (χ0v) is 30.9. The number of aryl methyl sites for hydroxylation is 1. The smallest absolute Gasteiger partial charge is 0.252 e. The van der Waals surface area contributed by atoms with Gasteiger partial charge in [-0.2, -0.15) is 0 Å². The molecule has 0 unspecified atom stereocenters. The van der Waals surface area contributed by atoms with Crippen molar-refractivity contribution in [2.24, 2.45) is 5.73 Å². The molecule has 284 valence electrons. The zero-order chi connectivity index (χ0) is 38.8. The normalized spacial score (nSPS) is 12.0. The van der Waals surface area contributed by atoms with Gasteiger partial charge in [0.1, 0.15) is 11.5 Å². The van der Waals surface area contributed by atoms with Crippen molar-refractivity contribution in [2.75, 3.05) is 32.1 Å². The van der Waals surface area contributed by atoms with Crippen LogP contribution in [0, 0.1) is 6.92 Å². The number of fused-ring (bicyclic) bond motifs is 1. The van der Waals surface area contributed by atoms with Gasteiger partial charge in [-0.05, 0) is 92.0 Å². The summed E-state index contributed by atoms with van der Waals surface area (Å²) in [5, 5.41) is 39.1. The lowest BCUT2D eigenvalue weighted by atomic mass is 10.1. The van der Waals surface area contributed by atoms with Crippen molar-refractivity contribution in [3.8, 4) is 11.5 Å². The highest BCUT2D eigenvalue weighted by Crippen LogP contribution is 2.35. The molecular weight excluding hydrogens is 711 g/mol. The van der Waals surface area contributed by atoms with E-state index in [0.717, 1.165) is 25.7 Å². The van der Waals surface area contributed by atoms with Crippen LogP contribution in [0.25, 0.3) is 10.9 Å². The number of aliphatic hydroxyl groups excluding tert-OH is 2. The van der Waals surface area contributed by atoms with Crippen molar-refractivity contribution in [3.63, 3.8) is 0 Å². The van der Waals surface area contributed by atoms with Crippen LogP contribution in [0.4, 0.5) is 11.4 Å². The number of phenols is 1. The molecule has 1 atom stereocenters. The number of hydrogen-bond acceptors (Lipinski definition) is 11. The fourth-order valence-electron chi connectivity index (χ4n) is 6.04. The number of nitrogens with one attached hydrogen (secondary N) is 3. The number of amides is 2. The van der Waals surface area contributed by atoms with Crippen molar-refractivity contribution >= 4 is 43.9 Å². The number of pyridine rings is 1. The maximum absolute atomic E-state index is 14.0. The number of nitrogens with two attached hydrogens (primary N) is 1. The van der Waals surface area contributed by atoms with Gasteiger partial charge >= 0.3 is 0 Å². The molecule has 14 heteroatoms. The van der Waals surface area contributed by atoms with Gasteiger partial charge in [0, 0.05) is 47.6 Å². The number of methoxy groups -OCH3 is 1. The number of primary amides is 1. The average Bonchev–Trinajstić information content (AvgIpc) is 3.17. The van der Waals surface area contributed by atoms with Crippen LogP contribution in [0.3, 0.4) is 0 Å². The summed E-state index contributed by atoms with van der Waals surface area (Å²) in [7, 11) is -2.59. The Morgan fingerprint density at radius 3 is 2.43 bits per heavy atom. The first kappa shape index (κ1) is 39.7. The van der Waals surface area contributed by atoms with Crippen LogP contribution in [-0.2, 0) is 16.4 Å². The zero-order valence-electron chi connectivity index (χ0n) is 30.1. The number of unbranched alkanes of at least 4 members (excludes halogenated alkanes) is 3. The van der Waals surface area contributed by atoms with Crippen LogP contribution >= 0.6 is 0 Å². The Labute approximate surface area is 314 Å². The topological polar surface area (TPSA) is 213 Å². The summed E-state index contributed by atoms with van der Waals surface area (Å²) in [6.45, 7) is 2.85. The van der Waals surface area contributed by atoms with Crippen molar-refractivity contribution < 1.29 is 38.1 Å². The molecular formula is C40H45N5O8S. The molecule has 0 aliphatic rings. The monoisotopic (exact) mass is 755 g/mol. The van der Waals surface area contributed by atoms with Gasteiger partial charge in [-0.15, -0.1) is 0 Å². The number of hydrogen-bond donors (Lipinski definition) is 7. The fourth-order valence-corrected chi connectivity index (χ4v) is 7.45. The largest absolute Gasteiger partial charge is 0.508 e. The lowest BCUT2D eigenvalue weighted by Crippen LogP contribution is -2.25. The standard InChI is InChI=1S/C40H45N5O8S/c1-25-17-32(21-33-37(25)44-22-34(39(41)49)38(33)45-29-10-8-11-30(20-29)53-2)54(51,52)31-12-7-9-27(19-31)40(50)43-16-6-4-3-5-15-42-23-36(48)26-13-14-35(47)28(18-26)24-46/h7-14,17-22,36,42,46-48H,3-6,15-16,23-24H2,1-2H3,(H2,41,49)(H,43,50)(H,44,45)/t36-/m0/s1. The van der Waals surface area contributed by atoms with Crippen LogP contribution in [0.2, 0.25) is 0 Å². The Kier molecular flexibility index (Phi) is 13.2. The van der Waals surface area contributed by atoms with E-state index in [1.54, 1.807) is 49.4 Å². The summed E-state index contributed by atoms with van der Waals surface area (Å²) >= 11 is 0. The number of carbonyl (C=O) groups is 2. The van der Waals surface area contributed by atoms with E-state index in [0.29, 0.717) is 64.4 Å². The molecule has 0 radical (unpaired) electrons. The first-order chi connectivity index (χ1) is 25.9. The number of benzene rings is 4. The molecule has 2 amide bonds. The maximum Gasteiger partial charge on any atom is 0.252 e. The summed E-state index contributed by atoms with van der Waals surface area (Å²) in [6, 6.07) is 20.5. The van der Waals surface area contributed by atoms with Crippen LogP contribution in [-0.4, -0.2) is 67.3 Å². The van der Waals surface area contributed by atoms with E-state index in [1.807, 2.05) is 0 Å². The molecule has 1 aromatic heterocycles. The first-order valence-electron chi connectivity index (χ1n) is 17.5. The quantitative estimate of drug-likeness (QED) is 0.0589. The van der Waals surface area contributed by atoms with Gasteiger partial charge in [-0.3, -0.25) is 14.6 Å². The van der Waals surface area contributed by atoms with Crippen molar-refractivity contribution in [3.05, 3.63) is 113 Å². The van der Waals surface area contributed by atoms with E-state index >= 15 is 0 Å². The summed E-state index contributed by atoms with van der Waals surface area (Å²) in [4.78, 5) is 29.8. The number of carbonyl (C=O) groups excluding carboxylic acids is 2. The Morgan fingerprint density at radius 1 is 0.926 bits per heavy atom. The first-order valence-corrected chi connectivity index (χ1v) is 19.0. The minimum absolute atomic E-state index is 0.0123. The second kappa shape index (κ2) is 18.0. The average molecular weight is 756 g/mol. The van der Waals surface area contributed by atoms with Crippen LogP contribution in [0.15, 0.2) is 94.9 Å². The SMILES string of the molecule is COc1cccc(Nc2c(C(N)=O)cnc3c(C)cc(S(=O)(=O)c4cccc(C(=O)NCCCCCCNC[C@H](O)c5ccc(O)c(CO)c5)c4)cc23)c1. The third-order valence-electron chi connectivity index (χ3n) is 9.02. The third kappa shape index (κ3) is 9.51. The number of aromatic nitrogens is 1. The Hall–Kier alpha value is -5.54. The van der Waals surface area contributed by atoms with E-state index in [-0.39, 0.29) is 33.3 Å². The van der Waals surface area contributed by atoms with E-state index in [9.17, 15) is 33.3 Å². The third-order valence-corrected chi connectivity index (χ3v) is 10.7. The molecule has 8 N–H and O–H groups in total. The number of nitrogens with zero attached hydrogens (tertiary/aromatic N) is 1. The van der Waals surface area contributed by atoms with Crippen LogP contribution in [0.5, 0.6) is 11.5 Å². The number of aliphatic hydroxyl groups is 2. The summed E-state index contributed by atoms with van der Waals surface area (Å²) in [5.74, 6) is -0.570. The highest BCUT2D eigenvalue weighted by atomic mass is 32.2.